The number of benzene rings is 2. The molecule has 2 aromatic heterocycles. The summed E-state index contributed by atoms with van der Waals surface area (Å²) in [7, 11) is 1.65. The average molecular weight is 536 g/mol. The van der Waals surface area contributed by atoms with E-state index in [-0.39, 0.29) is 22.9 Å². The number of carbonyl (C=O) groups excluding carboxylic acids is 2. The molecule has 0 spiro atoms. The molecule has 1 amide bonds. The molecule has 0 saturated heterocycles. The fourth-order valence-electron chi connectivity index (χ4n) is 4.14. The molecule has 2 heterocycles. The van der Waals surface area contributed by atoms with Crippen LogP contribution in [0.15, 0.2) is 51.9 Å². The number of nitrogens with one attached hydrogen (secondary N) is 2. The van der Waals surface area contributed by atoms with E-state index < -0.39 is 0 Å². The summed E-state index contributed by atoms with van der Waals surface area (Å²) >= 11 is 3.51. The third-order valence-corrected chi connectivity index (χ3v) is 6.32. The molecular weight excluding hydrogens is 510 g/mol. The Morgan fingerprint density at radius 1 is 1.09 bits per heavy atom. The minimum absolute atomic E-state index is 0.0908. The van der Waals surface area contributed by atoms with E-state index in [2.05, 4.69) is 26.2 Å². The number of aryl methyl sites for hydroxylation is 3. The summed E-state index contributed by atoms with van der Waals surface area (Å²) in [5, 5.41) is 3.32. The first-order chi connectivity index (χ1) is 16.6. The maximum absolute atomic E-state index is 12.9. The highest BCUT2D eigenvalue weighted by atomic mass is 79.9. The van der Waals surface area contributed by atoms with E-state index >= 15 is 0 Å². The van der Waals surface area contributed by atoms with E-state index in [1.54, 1.807) is 37.5 Å². The van der Waals surface area contributed by atoms with Gasteiger partial charge in [0, 0.05) is 46.3 Å². The van der Waals surface area contributed by atoms with Crippen LogP contribution in [0.4, 0.5) is 0 Å². The molecule has 0 bridgehead atoms. The summed E-state index contributed by atoms with van der Waals surface area (Å²) in [6.45, 7) is 7.72. The quantitative estimate of drug-likeness (QED) is 0.311. The number of carbonyl (C=O) groups is 2. The number of ether oxygens (including phenoxy) is 1. The van der Waals surface area contributed by atoms with Gasteiger partial charge in [-0.15, -0.1) is 0 Å². The number of rotatable bonds is 6. The zero-order valence-electron chi connectivity index (χ0n) is 20.2. The van der Waals surface area contributed by atoms with Crippen LogP contribution in [0.1, 0.15) is 45.8 Å². The largest absolute Gasteiger partial charge is 0.456 e. The number of ketones is 1. The normalized spacial score (nSPS) is 11.0. The zero-order valence-corrected chi connectivity index (χ0v) is 21.8. The van der Waals surface area contributed by atoms with Crippen LogP contribution in [0.25, 0.3) is 22.0 Å². The van der Waals surface area contributed by atoms with Crippen molar-refractivity contribution in [2.45, 2.75) is 27.7 Å². The van der Waals surface area contributed by atoms with E-state index in [0.717, 1.165) is 15.6 Å². The number of fused-ring (bicyclic) bond motifs is 1. The van der Waals surface area contributed by atoms with Gasteiger partial charge < -0.3 is 19.6 Å². The Bertz CT molecular complexity index is 1530. The molecule has 0 radical (unpaired) electrons. The van der Waals surface area contributed by atoms with Crippen LogP contribution in [-0.4, -0.2) is 27.8 Å². The second-order valence-electron chi connectivity index (χ2n) is 8.53. The second-order valence-corrected chi connectivity index (χ2v) is 9.44. The Balaban J connectivity index is 1.98. The Kier molecular flexibility index (Phi) is 6.67. The third kappa shape index (κ3) is 4.66. The SMILES string of the molecule is CCNC(=O)c1cc2c(-c3cc(C(C)=O)ccc3Oc3c(C)cc(Br)cc3C)cn(C)c(=O)c2[nH]1. The highest BCUT2D eigenvalue weighted by molar-refractivity contribution is 9.10. The molecule has 8 heteroatoms. The van der Waals surface area contributed by atoms with Crippen LogP contribution < -0.4 is 15.6 Å². The van der Waals surface area contributed by atoms with Gasteiger partial charge in [0.2, 0.25) is 0 Å². The van der Waals surface area contributed by atoms with Crippen LogP contribution in [-0.2, 0) is 7.05 Å². The maximum atomic E-state index is 12.9. The lowest BCUT2D eigenvalue weighted by atomic mass is 9.98. The fourth-order valence-corrected chi connectivity index (χ4v) is 4.83. The van der Waals surface area contributed by atoms with Crippen LogP contribution in [0.5, 0.6) is 11.5 Å². The Labute approximate surface area is 211 Å². The molecule has 0 aliphatic rings. The van der Waals surface area contributed by atoms with Crippen molar-refractivity contribution in [3.8, 4) is 22.6 Å². The number of Topliss-reactive ketones (excluding diaryl/α,β-unsaturated/α-hetero) is 1. The highest BCUT2D eigenvalue weighted by Crippen LogP contribution is 2.40. The van der Waals surface area contributed by atoms with Crippen LogP contribution in [0.3, 0.4) is 0 Å². The van der Waals surface area contributed by atoms with Gasteiger partial charge in [0.1, 0.15) is 22.7 Å². The van der Waals surface area contributed by atoms with Gasteiger partial charge >= 0.3 is 0 Å². The first-order valence-electron chi connectivity index (χ1n) is 11.2. The van der Waals surface area contributed by atoms with Crippen molar-refractivity contribution in [2.24, 2.45) is 7.05 Å². The van der Waals surface area contributed by atoms with Gasteiger partial charge in [-0.25, -0.2) is 0 Å². The molecule has 4 rings (SSSR count). The molecule has 2 aromatic carbocycles. The molecule has 7 nitrogen and oxygen atoms in total. The maximum Gasteiger partial charge on any atom is 0.274 e. The van der Waals surface area contributed by atoms with Gasteiger partial charge in [0.25, 0.3) is 11.5 Å². The smallest absolute Gasteiger partial charge is 0.274 e. The Hall–Kier alpha value is -3.65. The molecule has 0 atom stereocenters. The predicted molar refractivity (Wildman–Crippen MR) is 141 cm³/mol. The van der Waals surface area contributed by atoms with E-state index in [4.69, 9.17) is 4.74 Å². The average Bonchev–Trinajstić information content (AvgIpc) is 3.25. The van der Waals surface area contributed by atoms with Crippen molar-refractivity contribution in [1.82, 2.24) is 14.9 Å². The number of H-pyrrole nitrogens is 1. The van der Waals surface area contributed by atoms with Crippen LogP contribution in [0.2, 0.25) is 0 Å². The van der Waals surface area contributed by atoms with Gasteiger partial charge in [-0.2, -0.15) is 0 Å². The molecule has 0 saturated carbocycles. The zero-order chi connectivity index (χ0) is 25.4. The van der Waals surface area contributed by atoms with Crippen molar-refractivity contribution in [3.05, 3.63) is 79.8 Å². The van der Waals surface area contributed by atoms with Gasteiger partial charge in [-0.3, -0.25) is 14.4 Å². The summed E-state index contributed by atoms with van der Waals surface area (Å²) in [6, 6.07) is 10.9. The molecule has 0 aliphatic carbocycles. The number of halogens is 1. The van der Waals surface area contributed by atoms with Gasteiger partial charge in [0.15, 0.2) is 5.78 Å². The lowest BCUT2D eigenvalue weighted by Crippen LogP contribution is -2.23. The molecule has 180 valence electrons. The minimum Gasteiger partial charge on any atom is -0.456 e. The van der Waals surface area contributed by atoms with Crippen molar-refractivity contribution in [3.63, 3.8) is 0 Å². The number of hydrogen-bond acceptors (Lipinski definition) is 4. The van der Waals surface area contributed by atoms with Crippen LogP contribution in [0, 0.1) is 13.8 Å². The number of aromatic nitrogens is 2. The molecule has 4 aromatic rings. The summed E-state index contributed by atoms with van der Waals surface area (Å²) in [4.78, 5) is 40.6. The van der Waals surface area contributed by atoms with E-state index in [0.29, 0.717) is 45.6 Å². The second kappa shape index (κ2) is 9.54. The van der Waals surface area contributed by atoms with Crippen molar-refractivity contribution >= 4 is 38.5 Å². The molecule has 0 unspecified atom stereocenters. The number of pyridine rings is 1. The van der Waals surface area contributed by atoms with Crippen molar-refractivity contribution in [2.75, 3.05) is 6.54 Å². The van der Waals surface area contributed by atoms with E-state index in [9.17, 15) is 14.4 Å². The topological polar surface area (TPSA) is 93.2 Å². The molecule has 35 heavy (non-hydrogen) atoms. The number of aromatic amines is 1. The summed E-state index contributed by atoms with van der Waals surface area (Å²) in [5.41, 5.74) is 4.05. The lowest BCUT2D eigenvalue weighted by Gasteiger charge is -2.17. The first-order valence-corrected chi connectivity index (χ1v) is 12.0. The number of amides is 1. The molecule has 0 fully saturated rings. The Morgan fingerprint density at radius 3 is 2.40 bits per heavy atom. The predicted octanol–water partition coefficient (Wildman–Crippen LogP) is 5.66. The van der Waals surface area contributed by atoms with E-state index in [1.165, 1.54) is 11.5 Å². The molecular formula is C27H26BrN3O4. The van der Waals surface area contributed by atoms with Crippen LogP contribution >= 0.6 is 15.9 Å². The monoisotopic (exact) mass is 535 g/mol. The van der Waals surface area contributed by atoms with Gasteiger partial charge in [-0.05, 0) is 75.2 Å². The van der Waals surface area contributed by atoms with Gasteiger partial charge in [-0.1, -0.05) is 15.9 Å². The Morgan fingerprint density at radius 2 is 1.77 bits per heavy atom. The first kappa shape index (κ1) is 24.5. The number of nitrogens with zero attached hydrogens (tertiary/aromatic N) is 1. The number of hydrogen-bond donors (Lipinski definition) is 2. The minimum atomic E-state index is -0.299. The third-order valence-electron chi connectivity index (χ3n) is 5.86. The summed E-state index contributed by atoms with van der Waals surface area (Å²) in [5.74, 6) is 0.853. The molecule has 2 N–H and O–H groups in total. The lowest BCUT2D eigenvalue weighted by molar-refractivity contribution is 0.0950. The van der Waals surface area contributed by atoms with Crippen molar-refractivity contribution in [1.29, 1.82) is 0 Å². The summed E-state index contributed by atoms with van der Waals surface area (Å²) in [6.07, 6.45) is 1.70. The van der Waals surface area contributed by atoms with Crippen molar-refractivity contribution < 1.29 is 14.3 Å². The summed E-state index contributed by atoms with van der Waals surface area (Å²) < 4.78 is 8.83. The highest BCUT2D eigenvalue weighted by Gasteiger charge is 2.20. The fraction of sp³-hybridized carbons (Fsp3) is 0.222. The van der Waals surface area contributed by atoms with E-state index in [1.807, 2.05) is 32.9 Å². The standard InChI is InChI=1S/C27H26BrN3O4/c1-6-29-26(33)22-12-20-21(13-31(5)27(34)24(20)30-22)19-11-17(16(4)32)7-8-23(19)35-25-14(2)9-18(28)10-15(25)3/h7-13,30H,6H2,1-5H3,(H,29,33). The van der Waals surface area contributed by atoms with Gasteiger partial charge in [0.05, 0.1) is 0 Å². The molecule has 0 aliphatic heterocycles.